The van der Waals surface area contributed by atoms with Crippen LogP contribution in [0, 0.1) is 0 Å². The SMILES string of the molecule is CCN(CC)CCNC1(CO)CCCOCC1. The van der Waals surface area contributed by atoms with Gasteiger partial charge >= 0.3 is 0 Å². The third kappa shape index (κ3) is 4.92. The quantitative estimate of drug-likeness (QED) is 0.697. The zero-order valence-electron chi connectivity index (χ0n) is 11.4. The second-order valence-corrected chi connectivity index (χ2v) is 4.86. The molecule has 0 amide bonds. The van der Waals surface area contributed by atoms with Crippen molar-refractivity contribution in [3.63, 3.8) is 0 Å². The standard InChI is InChI=1S/C13H28N2O2/c1-3-15(4-2)9-8-14-13(12-16)6-5-10-17-11-7-13/h14,16H,3-12H2,1-2H3. The largest absolute Gasteiger partial charge is 0.394 e. The van der Waals surface area contributed by atoms with E-state index in [-0.39, 0.29) is 12.1 Å². The molecule has 1 aliphatic heterocycles. The molecule has 1 fully saturated rings. The van der Waals surface area contributed by atoms with Crippen LogP contribution in [0.3, 0.4) is 0 Å². The van der Waals surface area contributed by atoms with Crippen LogP contribution in [0.4, 0.5) is 0 Å². The molecule has 17 heavy (non-hydrogen) atoms. The number of nitrogens with zero attached hydrogens (tertiary/aromatic N) is 1. The first-order chi connectivity index (χ1) is 8.26. The number of aliphatic hydroxyl groups excluding tert-OH is 1. The van der Waals surface area contributed by atoms with Gasteiger partial charge < -0.3 is 20.1 Å². The van der Waals surface area contributed by atoms with E-state index in [1.165, 1.54) is 0 Å². The summed E-state index contributed by atoms with van der Waals surface area (Å²) in [6, 6.07) is 0. The fourth-order valence-electron chi connectivity index (χ4n) is 2.42. The molecule has 4 heteroatoms. The maximum atomic E-state index is 9.61. The van der Waals surface area contributed by atoms with Crippen LogP contribution < -0.4 is 5.32 Å². The summed E-state index contributed by atoms with van der Waals surface area (Å²) < 4.78 is 5.46. The van der Waals surface area contributed by atoms with Gasteiger partial charge in [0, 0.05) is 31.8 Å². The van der Waals surface area contributed by atoms with Crippen molar-refractivity contribution in [1.82, 2.24) is 10.2 Å². The highest BCUT2D eigenvalue weighted by molar-refractivity contribution is 4.88. The van der Waals surface area contributed by atoms with Crippen molar-refractivity contribution in [2.75, 3.05) is 46.0 Å². The van der Waals surface area contributed by atoms with Gasteiger partial charge in [-0.1, -0.05) is 13.8 Å². The van der Waals surface area contributed by atoms with Gasteiger partial charge in [-0.3, -0.25) is 0 Å². The van der Waals surface area contributed by atoms with Crippen LogP contribution in [0.25, 0.3) is 0 Å². The molecule has 1 atom stereocenters. The first-order valence-electron chi connectivity index (χ1n) is 6.92. The Kier molecular flexibility index (Phi) is 7.04. The van der Waals surface area contributed by atoms with Gasteiger partial charge in [0.25, 0.3) is 0 Å². The molecule has 102 valence electrons. The molecule has 1 rings (SSSR count). The van der Waals surface area contributed by atoms with E-state index in [9.17, 15) is 5.11 Å². The Morgan fingerprint density at radius 3 is 2.65 bits per heavy atom. The van der Waals surface area contributed by atoms with Gasteiger partial charge in [-0.15, -0.1) is 0 Å². The van der Waals surface area contributed by atoms with Crippen molar-refractivity contribution < 1.29 is 9.84 Å². The van der Waals surface area contributed by atoms with E-state index in [0.29, 0.717) is 0 Å². The summed E-state index contributed by atoms with van der Waals surface area (Å²) in [7, 11) is 0. The number of nitrogens with one attached hydrogen (secondary N) is 1. The van der Waals surface area contributed by atoms with Gasteiger partial charge in [0.15, 0.2) is 0 Å². The lowest BCUT2D eigenvalue weighted by Gasteiger charge is -2.32. The van der Waals surface area contributed by atoms with E-state index >= 15 is 0 Å². The maximum absolute atomic E-state index is 9.61. The molecular weight excluding hydrogens is 216 g/mol. The molecule has 0 aliphatic carbocycles. The van der Waals surface area contributed by atoms with Gasteiger partial charge in [0.05, 0.1) is 6.61 Å². The predicted octanol–water partition coefficient (Wildman–Crippen LogP) is 0.849. The Balaban J connectivity index is 2.34. The molecule has 1 unspecified atom stereocenters. The highest BCUT2D eigenvalue weighted by Gasteiger charge is 2.29. The Labute approximate surface area is 105 Å². The molecule has 0 spiro atoms. The number of aliphatic hydroxyl groups is 1. The fraction of sp³-hybridized carbons (Fsp3) is 1.00. The third-order valence-corrected chi connectivity index (χ3v) is 3.79. The topological polar surface area (TPSA) is 44.7 Å². The molecule has 1 saturated heterocycles. The molecule has 4 nitrogen and oxygen atoms in total. The Morgan fingerprint density at radius 2 is 2.00 bits per heavy atom. The van der Waals surface area contributed by atoms with Crippen LogP contribution >= 0.6 is 0 Å². The molecule has 0 radical (unpaired) electrons. The number of likely N-dealkylation sites (N-methyl/N-ethyl adjacent to an activating group) is 1. The normalized spacial score (nSPS) is 26.1. The summed E-state index contributed by atoms with van der Waals surface area (Å²) in [4.78, 5) is 2.39. The average molecular weight is 244 g/mol. The van der Waals surface area contributed by atoms with Gasteiger partial charge in [0.2, 0.25) is 0 Å². The number of hydrogen-bond donors (Lipinski definition) is 2. The van der Waals surface area contributed by atoms with Crippen molar-refractivity contribution >= 4 is 0 Å². The second-order valence-electron chi connectivity index (χ2n) is 4.86. The van der Waals surface area contributed by atoms with E-state index in [2.05, 4.69) is 24.1 Å². The van der Waals surface area contributed by atoms with Crippen LogP contribution in [-0.2, 0) is 4.74 Å². The summed E-state index contributed by atoms with van der Waals surface area (Å²) in [5, 5.41) is 13.2. The summed E-state index contributed by atoms with van der Waals surface area (Å²) in [5.41, 5.74) is -0.107. The van der Waals surface area contributed by atoms with E-state index in [1.54, 1.807) is 0 Å². The minimum atomic E-state index is -0.107. The lowest BCUT2D eigenvalue weighted by atomic mass is 9.91. The summed E-state index contributed by atoms with van der Waals surface area (Å²) >= 11 is 0. The van der Waals surface area contributed by atoms with Crippen molar-refractivity contribution in [3.05, 3.63) is 0 Å². The number of ether oxygens (including phenoxy) is 1. The minimum absolute atomic E-state index is 0.107. The number of hydrogen-bond acceptors (Lipinski definition) is 4. The van der Waals surface area contributed by atoms with Crippen molar-refractivity contribution in [2.24, 2.45) is 0 Å². The second kappa shape index (κ2) is 8.03. The molecule has 0 bridgehead atoms. The minimum Gasteiger partial charge on any atom is -0.394 e. The van der Waals surface area contributed by atoms with Gasteiger partial charge in [-0.05, 0) is 32.4 Å². The lowest BCUT2D eigenvalue weighted by Crippen LogP contribution is -2.51. The molecule has 2 N–H and O–H groups in total. The molecule has 0 aromatic rings. The average Bonchev–Trinajstić information content (AvgIpc) is 2.61. The summed E-state index contributed by atoms with van der Waals surface area (Å²) in [6.07, 6.45) is 2.97. The van der Waals surface area contributed by atoms with Crippen LogP contribution in [0.1, 0.15) is 33.1 Å². The van der Waals surface area contributed by atoms with Gasteiger partial charge in [-0.25, -0.2) is 0 Å². The number of rotatable bonds is 7. The lowest BCUT2D eigenvalue weighted by molar-refractivity contribution is 0.112. The molecule has 1 aliphatic rings. The smallest absolute Gasteiger partial charge is 0.0614 e. The monoisotopic (exact) mass is 244 g/mol. The first-order valence-corrected chi connectivity index (χ1v) is 6.92. The Bertz CT molecular complexity index is 188. The fourth-order valence-corrected chi connectivity index (χ4v) is 2.42. The van der Waals surface area contributed by atoms with E-state index < -0.39 is 0 Å². The summed E-state index contributed by atoms with van der Waals surface area (Å²) in [5.74, 6) is 0. The van der Waals surface area contributed by atoms with E-state index in [0.717, 1.165) is 58.7 Å². The first kappa shape index (κ1) is 14.9. The molecule has 0 aromatic heterocycles. The van der Waals surface area contributed by atoms with Crippen molar-refractivity contribution in [2.45, 2.75) is 38.6 Å². The van der Waals surface area contributed by atoms with Crippen LogP contribution in [0.15, 0.2) is 0 Å². The van der Waals surface area contributed by atoms with E-state index in [1.807, 2.05) is 0 Å². The summed E-state index contributed by atoms with van der Waals surface area (Å²) in [6.45, 7) is 10.4. The third-order valence-electron chi connectivity index (χ3n) is 3.79. The van der Waals surface area contributed by atoms with E-state index in [4.69, 9.17) is 4.74 Å². The highest BCUT2D eigenvalue weighted by atomic mass is 16.5. The van der Waals surface area contributed by atoms with Crippen LogP contribution in [0.5, 0.6) is 0 Å². The van der Waals surface area contributed by atoms with Crippen LogP contribution in [0.2, 0.25) is 0 Å². The molecule has 0 saturated carbocycles. The highest BCUT2D eigenvalue weighted by Crippen LogP contribution is 2.20. The maximum Gasteiger partial charge on any atom is 0.0614 e. The Morgan fingerprint density at radius 1 is 1.24 bits per heavy atom. The zero-order chi connectivity index (χ0) is 12.6. The molecular formula is C13H28N2O2. The van der Waals surface area contributed by atoms with Gasteiger partial charge in [-0.2, -0.15) is 0 Å². The van der Waals surface area contributed by atoms with Crippen LogP contribution in [-0.4, -0.2) is 61.5 Å². The molecule has 1 heterocycles. The van der Waals surface area contributed by atoms with Gasteiger partial charge in [0.1, 0.15) is 0 Å². The predicted molar refractivity (Wildman–Crippen MR) is 70.3 cm³/mol. The molecule has 0 aromatic carbocycles. The Hall–Kier alpha value is -0.160. The van der Waals surface area contributed by atoms with Crippen molar-refractivity contribution in [3.8, 4) is 0 Å². The van der Waals surface area contributed by atoms with Crippen molar-refractivity contribution in [1.29, 1.82) is 0 Å². The zero-order valence-corrected chi connectivity index (χ0v) is 11.4.